The number of carboxylic acid groups (broad SMARTS) is 1. The molecule has 2 heterocycles. The van der Waals surface area contributed by atoms with E-state index < -0.39 is 5.97 Å². The molecule has 4 nitrogen and oxygen atoms in total. The summed E-state index contributed by atoms with van der Waals surface area (Å²) in [4.78, 5) is 20.9. The fourth-order valence-electron chi connectivity index (χ4n) is 3.07. The van der Waals surface area contributed by atoms with Crippen molar-refractivity contribution in [3.63, 3.8) is 0 Å². The molecule has 3 rings (SSSR count). The van der Waals surface area contributed by atoms with Gasteiger partial charge >= 0.3 is 5.97 Å². The van der Waals surface area contributed by atoms with Gasteiger partial charge in [0, 0.05) is 12.6 Å². The third-order valence-electron chi connectivity index (χ3n) is 3.93. The second-order valence-corrected chi connectivity index (χ2v) is 6.45. The van der Waals surface area contributed by atoms with E-state index in [1.165, 1.54) is 0 Å². The van der Waals surface area contributed by atoms with Crippen molar-refractivity contribution < 1.29 is 9.90 Å². The minimum atomic E-state index is -0.693. The summed E-state index contributed by atoms with van der Waals surface area (Å²) < 4.78 is 0. The maximum absolute atomic E-state index is 11.1. The van der Waals surface area contributed by atoms with Gasteiger partial charge in [-0.3, -0.25) is 4.79 Å². The monoisotopic (exact) mass is 276 g/mol. The maximum atomic E-state index is 11.1. The van der Waals surface area contributed by atoms with E-state index in [2.05, 4.69) is 9.97 Å². The second kappa shape index (κ2) is 4.89. The van der Waals surface area contributed by atoms with E-state index in [4.69, 9.17) is 5.11 Å². The molecule has 1 aliphatic carbocycles. The van der Waals surface area contributed by atoms with Gasteiger partial charge in [-0.05, 0) is 30.4 Å². The molecule has 0 bridgehead atoms. The number of hydrogen-bond acceptors (Lipinski definition) is 4. The number of carbonyl (C=O) groups is 1. The number of aliphatic carboxylic acids is 1. The van der Waals surface area contributed by atoms with Crippen LogP contribution in [0.2, 0.25) is 0 Å². The van der Waals surface area contributed by atoms with Crippen molar-refractivity contribution in [2.24, 2.45) is 5.41 Å². The molecule has 1 fully saturated rings. The largest absolute Gasteiger partial charge is 0.481 e. The number of carboxylic acids is 1. The fourth-order valence-corrected chi connectivity index (χ4v) is 4.15. The maximum Gasteiger partial charge on any atom is 0.303 e. The lowest BCUT2D eigenvalue weighted by Crippen LogP contribution is -2.23. The Hall–Kier alpha value is -1.49. The summed E-state index contributed by atoms with van der Waals surface area (Å²) in [7, 11) is 0. The number of hydrogen-bond donors (Lipinski definition) is 1. The predicted molar refractivity (Wildman–Crippen MR) is 74.3 cm³/mol. The zero-order valence-electron chi connectivity index (χ0n) is 10.6. The first-order valence-corrected chi connectivity index (χ1v) is 7.41. The van der Waals surface area contributed by atoms with Crippen molar-refractivity contribution in [1.82, 2.24) is 9.97 Å². The molecule has 2 aromatic rings. The molecule has 0 aromatic carbocycles. The van der Waals surface area contributed by atoms with Gasteiger partial charge in [0.1, 0.15) is 10.3 Å². The Bertz CT molecular complexity index is 569. The van der Waals surface area contributed by atoms with Crippen LogP contribution in [0.3, 0.4) is 0 Å². The molecule has 0 unspecified atom stereocenters. The number of aromatic nitrogens is 2. The molecular formula is C14H16N2O2S. The van der Waals surface area contributed by atoms with Gasteiger partial charge in [-0.1, -0.05) is 24.2 Å². The van der Waals surface area contributed by atoms with Crippen LogP contribution in [0, 0.1) is 5.41 Å². The highest BCUT2D eigenvalue weighted by Crippen LogP contribution is 2.44. The van der Waals surface area contributed by atoms with Gasteiger partial charge in [-0.25, -0.2) is 9.97 Å². The minimum Gasteiger partial charge on any atom is -0.481 e. The molecule has 1 N–H and O–H groups in total. The Kier molecular flexibility index (Phi) is 3.22. The van der Waals surface area contributed by atoms with E-state index in [1.807, 2.05) is 12.1 Å². The first-order chi connectivity index (χ1) is 9.17. The lowest BCUT2D eigenvalue weighted by atomic mass is 9.80. The third kappa shape index (κ3) is 2.61. The smallest absolute Gasteiger partial charge is 0.303 e. The zero-order chi connectivity index (χ0) is 13.3. The van der Waals surface area contributed by atoms with Gasteiger partial charge in [0.15, 0.2) is 0 Å². The van der Waals surface area contributed by atoms with Crippen LogP contribution in [-0.2, 0) is 11.2 Å². The minimum absolute atomic E-state index is 0.0836. The van der Waals surface area contributed by atoms with Crippen LogP contribution in [0.4, 0.5) is 0 Å². The highest BCUT2D eigenvalue weighted by Gasteiger charge is 2.37. The van der Waals surface area contributed by atoms with Crippen LogP contribution in [0.15, 0.2) is 18.3 Å². The second-order valence-electron chi connectivity index (χ2n) is 5.39. The molecule has 0 spiro atoms. The Balaban J connectivity index is 1.87. The van der Waals surface area contributed by atoms with E-state index in [-0.39, 0.29) is 11.8 Å². The Labute approximate surface area is 115 Å². The van der Waals surface area contributed by atoms with Gasteiger partial charge < -0.3 is 5.11 Å². The standard InChI is InChI=1S/C14H16N2O2S/c17-12(18)9-14(5-1-2-6-14)8-11-16-10-4-3-7-15-13(10)19-11/h3-4,7H,1-2,5-6,8-9H2,(H,17,18). The molecule has 0 saturated heterocycles. The summed E-state index contributed by atoms with van der Waals surface area (Å²) in [5.74, 6) is -0.693. The molecule has 0 radical (unpaired) electrons. The van der Waals surface area contributed by atoms with Crippen LogP contribution in [0.25, 0.3) is 10.3 Å². The molecule has 19 heavy (non-hydrogen) atoms. The third-order valence-corrected chi connectivity index (χ3v) is 4.91. The molecule has 0 aliphatic heterocycles. The van der Waals surface area contributed by atoms with Crippen molar-refractivity contribution in [3.05, 3.63) is 23.3 Å². The van der Waals surface area contributed by atoms with Gasteiger partial charge in [-0.15, -0.1) is 0 Å². The number of rotatable bonds is 4. The van der Waals surface area contributed by atoms with Crippen LogP contribution < -0.4 is 0 Å². The first-order valence-electron chi connectivity index (χ1n) is 6.59. The SMILES string of the molecule is O=C(O)CC1(Cc2nc3cccnc3s2)CCCC1. The average Bonchev–Trinajstić information content (AvgIpc) is 2.94. The number of fused-ring (bicyclic) bond motifs is 1. The number of pyridine rings is 1. The highest BCUT2D eigenvalue weighted by molar-refractivity contribution is 7.18. The number of thiazole rings is 1. The predicted octanol–water partition coefficient (Wildman–Crippen LogP) is 3.27. The molecule has 2 aromatic heterocycles. The summed E-state index contributed by atoms with van der Waals surface area (Å²) >= 11 is 1.59. The lowest BCUT2D eigenvalue weighted by molar-refractivity contribution is -0.139. The van der Waals surface area contributed by atoms with Crippen molar-refractivity contribution >= 4 is 27.7 Å². The topological polar surface area (TPSA) is 63.1 Å². The summed E-state index contributed by atoms with van der Waals surface area (Å²) in [5.41, 5.74) is 0.839. The van der Waals surface area contributed by atoms with Gasteiger partial charge in [0.2, 0.25) is 0 Å². The van der Waals surface area contributed by atoms with E-state index in [0.29, 0.717) is 0 Å². The summed E-state index contributed by atoms with van der Waals surface area (Å²) in [6.45, 7) is 0. The van der Waals surface area contributed by atoms with Crippen LogP contribution >= 0.6 is 11.3 Å². The van der Waals surface area contributed by atoms with E-state index in [1.54, 1.807) is 17.5 Å². The lowest BCUT2D eigenvalue weighted by Gasteiger charge is -2.25. The fraction of sp³-hybridized carbons (Fsp3) is 0.500. The van der Waals surface area contributed by atoms with Crippen LogP contribution in [-0.4, -0.2) is 21.0 Å². The molecule has 100 valence electrons. The summed E-state index contributed by atoms with van der Waals surface area (Å²) in [5, 5.41) is 10.2. The van der Waals surface area contributed by atoms with E-state index >= 15 is 0 Å². The molecular weight excluding hydrogens is 260 g/mol. The molecule has 0 amide bonds. The van der Waals surface area contributed by atoms with Crippen LogP contribution in [0.5, 0.6) is 0 Å². The van der Waals surface area contributed by atoms with Gasteiger partial charge in [0.05, 0.1) is 11.4 Å². The number of nitrogens with zero attached hydrogens (tertiary/aromatic N) is 2. The Morgan fingerprint density at radius 2 is 2.21 bits per heavy atom. The average molecular weight is 276 g/mol. The van der Waals surface area contributed by atoms with Crippen molar-refractivity contribution in [1.29, 1.82) is 0 Å². The summed E-state index contributed by atoms with van der Waals surface area (Å²) in [6, 6.07) is 3.84. The molecule has 1 aliphatic rings. The normalized spacial score (nSPS) is 17.9. The molecule has 0 atom stereocenters. The van der Waals surface area contributed by atoms with Gasteiger partial charge in [0.25, 0.3) is 0 Å². The zero-order valence-corrected chi connectivity index (χ0v) is 11.4. The van der Waals surface area contributed by atoms with E-state index in [9.17, 15) is 4.79 Å². The highest BCUT2D eigenvalue weighted by atomic mass is 32.1. The van der Waals surface area contributed by atoms with Crippen molar-refractivity contribution in [3.8, 4) is 0 Å². The van der Waals surface area contributed by atoms with Gasteiger partial charge in [-0.2, -0.15) is 0 Å². The Morgan fingerprint density at radius 3 is 2.89 bits per heavy atom. The Morgan fingerprint density at radius 1 is 1.42 bits per heavy atom. The quantitative estimate of drug-likeness (QED) is 0.931. The van der Waals surface area contributed by atoms with Crippen LogP contribution in [0.1, 0.15) is 37.1 Å². The van der Waals surface area contributed by atoms with Crippen molar-refractivity contribution in [2.75, 3.05) is 0 Å². The van der Waals surface area contributed by atoms with E-state index in [0.717, 1.165) is 47.5 Å². The first kappa shape index (κ1) is 12.5. The molecule has 1 saturated carbocycles. The van der Waals surface area contributed by atoms with Crippen molar-refractivity contribution in [2.45, 2.75) is 38.5 Å². The summed E-state index contributed by atoms with van der Waals surface area (Å²) in [6.07, 6.45) is 7.09. The molecule has 5 heteroatoms.